The van der Waals surface area contributed by atoms with Gasteiger partial charge in [-0.25, -0.2) is 0 Å². The van der Waals surface area contributed by atoms with Gasteiger partial charge in [-0.05, 0) is 63.6 Å². The summed E-state index contributed by atoms with van der Waals surface area (Å²) in [7, 11) is 0. The lowest BCUT2D eigenvalue weighted by molar-refractivity contribution is 0.138. The average Bonchev–Trinajstić information content (AvgIpc) is 2.77. The fourth-order valence-corrected chi connectivity index (χ4v) is 3.92. The highest BCUT2D eigenvalue weighted by atomic mass is 15.2. The number of hydrogen-bond donors (Lipinski definition) is 1. The lowest BCUT2D eigenvalue weighted by Gasteiger charge is -2.37. The zero-order valence-electron chi connectivity index (χ0n) is 16.7. The SMILES string of the molecule is CCC(C1CCCCCN1)N(CCCCC(C)C)CCC(C)C. The van der Waals surface area contributed by atoms with E-state index in [2.05, 4.69) is 44.8 Å². The fourth-order valence-electron chi connectivity index (χ4n) is 3.92. The van der Waals surface area contributed by atoms with Gasteiger partial charge in [0.15, 0.2) is 0 Å². The molecule has 2 unspecified atom stereocenters. The lowest BCUT2D eigenvalue weighted by atomic mass is 9.97. The first kappa shape index (κ1) is 21.0. The molecule has 1 N–H and O–H groups in total. The molecule has 0 spiro atoms. The Morgan fingerprint density at radius 1 is 0.913 bits per heavy atom. The number of nitrogens with one attached hydrogen (secondary N) is 1. The van der Waals surface area contributed by atoms with Gasteiger partial charge >= 0.3 is 0 Å². The largest absolute Gasteiger partial charge is 0.312 e. The standard InChI is InChI=1S/C21H44N2/c1-6-21(20-13-8-7-10-15-22-20)23(17-14-19(4)5)16-11-9-12-18(2)3/h18-22H,6-17H2,1-5H3. The Hall–Kier alpha value is -0.0800. The third-order valence-corrected chi connectivity index (χ3v) is 5.42. The first-order valence-corrected chi connectivity index (χ1v) is 10.5. The van der Waals surface area contributed by atoms with E-state index in [-0.39, 0.29) is 0 Å². The minimum absolute atomic E-state index is 0.722. The van der Waals surface area contributed by atoms with Gasteiger partial charge in [-0.15, -0.1) is 0 Å². The first-order chi connectivity index (χ1) is 11.0. The van der Waals surface area contributed by atoms with Gasteiger partial charge in [0.05, 0.1) is 0 Å². The Labute approximate surface area is 146 Å². The molecule has 1 fully saturated rings. The Balaban J connectivity index is 2.57. The maximum absolute atomic E-state index is 3.87. The van der Waals surface area contributed by atoms with Crippen molar-refractivity contribution in [1.82, 2.24) is 10.2 Å². The van der Waals surface area contributed by atoms with Crippen LogP contribution in [0.3, 0.4) is 0 Å². The topological polar surface area (TPSA) is 15.3 Å². The predicted molar refractivity (Wildman–Crippen MR) is 104 cm³/mol. The van der Waals surface area contributed by atoms with E-state index < -0.39 is 0 Å². The van der Waals surface area contributed by atoms with E-state index in [4.69, 9.17) is 0 Å². The summed E-state index contributed by atoms with van der Waals surface area (Å²) in [6, 6.07) is 1.46. The zero-order valence-corrected chi connectivity index (χ0v) is 16.7. The molecule has 2 atom stereocenters. The van der Waals surface area contributed by atoms with E-state index in [0.717, 1.165) is 23.9 Å². The van der Waals surface area contributed by atoms with Crippen LogP contribution in [0.4, 0.5) is 0 Å². The summed E-state index contributed by atoms with van der Waals surface area (Å²) in [5.41, 5.74) is 0. The van der Waals surface area contributed by atoms with Crippen LogP contribution in [0.25, 0.3) is 0 Å². The number of unbranched alkanes of at least 4 members (excludes halogenated alkanes) is 1. The molecule has 2 nitrogen and oxygen atoms in total. The van der Waals surface area contributed by atoms with Crippen LogP contribution in [-0.4, -0.2) is 36.6 Å². The summed E-state index contributed by atoms with van der Waals surface area (Å²) in [5, 5.41) is 3.87. The van der Waals surface area contributed by atoms with E-state index >= 15 is 0 Å². The van der Waals surface area contributed by atoms with Crippen molar-refractivity contribution in [3.8, 4) is 0 Å². The van der Waals surface area contributed by atoms with Gasteiger partial charge < -0.3 is 5.32 Å². The minimum atomic E-state index is 0.722. The highest BCUT2D eigenvalue weighted by Gasteiger charge is 2.26. The molecule has 0 saturated carbocycles. The molecule has 0 bridgehead atoms. The maximum Gasteiger partial charge on any atom is 0.0246 e. The van der Waals surface area contributed by atoms with Crippen molar-refractivity contribution < 1.29 is 0 Å². The molecule has 1 aliphatic rings. The van der Waals surface area contributed by atoms with Gasteiger partial charge in [0.2, 0.25) is 0 Å². The second-order valence-corrected chi connectivity index (χ2v) is 8.49. The smallest absolute Gasteiger partial charge is 0.0246 e. The molecule has 0 aromatic rings. The molecule has 0 aromatic carbocycles. The van der Waals surface area contributed by atoms with Crippen LogP contribution in [0.2, 0.25) is 0 Å². The second-order valence-electron chi connectivity index (χ2n) is 8.49. The van der Waals surface area contributed by atoms with Crippen LogP contribution in [-0.2, 0) is 0 Å². The minimum Gasteiger partial charge on any atom is -0.312 e. The van der Waals surface area contributed by atoms with Crippen LogP contribution in [0.5, 0.6) is 0 Å². The molecular weight excluding hydrogens is 280 g/mol. The third-order valence-electron chi connectivity index (χ3n) is 5.42. The van der Waals surface area contributed by atoms with Gasteiger partial charge in [0.25, 0.3) is 0 Å². The van der Waals surface area contributed by atoms with Crippen molar-refractivity contribution in [2.24, 2.45) is 11.8 Å². The molecule has 2 heteroatoms. The maximum atomic E-state index is 3.87. The number of rotatable bonds is 11. The van der Waals surface area contributed by atoms with E-state index in [1.807, 2.05) is 0 Å². The average molecular weight is 325 g/mol. The summed E-state index contributed by atoms with van der Waals surface area (Å²) in [5.74, 6) is 1.66. The Bertz CT molecular complexity index is 267. The van der Waals surface area contributed by atoms with Gasteiger partial charge in [0.1, 0.15) is 0 Å². The van der Waals surface area contributed by atoms with Crippen LogP contribution < -0.4 is 5.32 Å². The Kier molecular flexibility index (Phi) is 11.2. The molecule has 1 saturated heterocycles. The quantitative estimate of drug-likeness (QED) is 0.507. The van der Waals surface area contributed by atoms with Crippen LogP contribution in [0, 0.1) is 11.8 Å². The summed E-state index contributed by atoms with van der Waals surface area (Å²) in [6.07, 6.45) is 12.4. The summed E-state index contributed by atoms with van der Waals surface area (Å²) < 4.78 is 0. The van der Waals surface area contributed by atoms with Gasteiger partial charge in [0, 0.05) is 12.1 Å². The molecule has 1 heterocycles. The summed E-state index contributed by atoms with van der Waals surface area (Å²) >= 11 is 0. The lowest BCUT2D eigenvalue weighted by Crippen LogP contribution is -2.50. The molecular formula is C21H44N2. The van der Waals surface area contributed by atoms with Crippen molar-refractivity contribution in [2.75, 3.05) is 19.6 Å². The van der Waals surface area contributed by atoms with Crippen molar-refractivity contribution in [2.45, 2.75) is 104 Å². The normalized spacial score (nSPS) is 21.1. The molecule has 0 radical (unpaired) electrons. The third kappa shape index (κ3) is 9.10. The second kappa shape index (κ2) is 12.3. The highest BCUT2D eigenvalue weighted by Crippen LogP contribution is 2.20. The Morgan fingerprint density at radius 3 is 2.30 bits per heavy atom. The van der Waals surface area contributed by atoms with Crippen molar-refractivity contribution in [3.05, 3.63) is 0 Å². The van der Waals surface area contributed by atoms with E-state index in [0.29, 0.717) is 0 Å². The van der Waals surface area contributed by atoms with E-state index in [9.17, 15) is 0 Å². The summed E-state index contributed by atoms with van der Waals surface area (Å²) in [4.78, 5) is 2.84. The molecule has 0 aromatic heterocycles. The number of nitrogens with zero attached hydrogens (tertiary/aromatic N) is 1. The van der Waals surface area contributed by atoms with Crippen LogP contribution in [0.15, 0.2) is 0 Å². The fraction of sp³-hybridized carbons (Fsp3) is 1.00. The highest BCUT2D eigenvalue weighted by molar-refractivity contribution is 4.85. The van der Waals surface area contributed by atoms with Crippen molar-refractivity contribution in [3.63, 3.8) is 0 Å². The molecule has 0 amide bonds. The van der Waals surface area contributed by atoms with Gasteiger partial charge in [-0.3, -0.25) is 4.90 Å². The van der Waals surface area contributed by atoms with Crippen molar-refractivity contribution in [1.29, 1.82) is 0 Å². The Morgan fingerprint density at radius 2 is 1.65 bits per heavy atom. The molecule has 23 heavy (non-hydrogen) atoms. The monoisotopic (exact) mass is 324 g/mol. The molecule has 138 valence electrons. The molecule has 1 aliphatic heterocycles. The van der Waals surface area contributed by atoms with Crippen LogP contribution >= 0.6 is 0 Å². The van der Waals surface area contributed by atoms with Gasteiger partial charge in [-0.2, -0.15) is 0 Å². The predicted octanol–water partition coefficient (Wildman–Crippen LogP) is 5.47. The first-order valence-electron chi connectivity index (χ1n) is 10.5. The molecule has 0 aliphatic carbocycles. The molecule has 1 rings (SSSR count). The zero-order chi connectivity index (χ0) is 17.1. The van der Waals surface area contributed by atoms with Crippen LogP contribution in [0.1, 0.15) is 92.4 Å². The number of hydrogen-bond acceptors (Lipinski definition) is 2. The van der Waals surface area contributed by atoms with Gasteiger partial charge in [-0.1, -0.05) is 60.3 Å². The van der Waals surface area contributed by atoms with Crippen molar-refractivity contribution >= 4 is 0 Å². The van der Waals surface area contributed by atoms with E-state index in [1.54, 1.807) is 0 Å². The summed E-state index contributed by atoms with van der Waals surface area (Å²) in [6.45, 7) is 15.6. The van der Waals surface area contributed by atoms with E-state index in [1.165, 1.54) is 77.4 Å².